The third kappa shape index (κ3) is 5.07. The number of aryl methyl sites for hydroxylation is 1. The van der Waals surface area contributed by atoms with Crippen molar-refractivity contribution in [2.24, 2.45) is 0 Å². The third-order valence-corrected chi connectivity index (χ3v) is 5.43. The fraction of sp³-hybridized carbons (Fsp3) is 0.619. The molecule has 26 heavy (non-hydrogen) atoms. The van der Waals surface area contributed by atoms with Gasteiger partial charge in [-0.25, -0.2) is 0 Å². The minimum absolute atomic E-state index is 0.188. The van der Waals surface area contributed by atoms with Gasteiger partial charge in [-0.05, 0) is 38.2 Å². The Bertz CT molecular complexity index is 608. The van der Waals surface area contributed by atoms with Gasteiger partial charge in [0.1, 0.15) is 0 Å². The Hall–Kier alpha value is -1.88. The highest BCUT2D eigenvalue weighted by Gasteiger charge is 2.26. The molecule has 142 valence electrons. The van der Waals surface area contributed by atoms with Gasteiger partial charge < -0.3 is 14.5 Å². The second-order valence-electron chi connectivity index (χ2n) is 7.43. The monoisotopic (exact) mass is 358 g/mol. The van der Waals surface area contributed by atoms with Crippen molar-refractivity contribution in [2.75, 3.05) is 32.8 Å². The maximum atomic E-state index is 13.0. The molecule has 2 aliphatic rings. The molecule has 5 nitrogen and oxygen atoms in total. The number of carbonyl (C=O) groups is 2. The van der Waals surface area contributed by atoms with E-state index in [1.165, 1.54) is 5.56 Å². The van der Waals surface area contributed by atoms with Gasteiger partial charge in [-0.2, -0.15) is 0 Å². The van der Waals surface area contributed by atoms with E-state index < -0.39 is 0 Å². The molecule has 1 aromatic carbocycles. The molecule has 0 saturated carbocycles. The summed E-state index contributed by atoms with van der Waals surface area (Å²) >= 11 is 0. The summed E-state index contributed by atoms with van der Waals surface area (Å²) in [6.07, 6.45) is 4.75. The predicted molar refractivity (Wildman–Crippen MR) is 101 cm³/mol. The van der Waals surface area contributed by atoms with Crippen molar-refractivity contribution in [1.29, 1.82) is 0 Å². The Morgan fingerprint density at radius 1 is 1.23 bits per heavy atom. The van der Waals surface area contributed by atoms with Gasteiger partial charge in [0.15, 0.2) is 0 Å². The summed E-state index contributed by atoms with van der Waals surface area (Å²) in [7, 11) is 0. The second kappa shape index (κ2) is 9.17. The first-order chi connectivity index (χ1) is 12.6. The molecular weight excluding hydrogens is 328 g/mol. The van der Waals surface area contributed by atoms with Crippen LogP contribution in [-0.4, -0.2) is 60.5 Å². The van der Waals surface area contributed by atoms with E-state index in [1.54, 1.807) is 0 Å². The van der Waals surface area contributed by atoms with Crippen LogP contribution in [0.25, 0.3) is 0 Å². The largest absolute Gasteiger partial charge is 0.381 e. The summed E-state index contributed by atoms with van der Waals surface area (Å²) in [5.74, 6) is 0.446. The fourth-order valence-electron chi connectivity index (χ4n) is 3.86. The van der Waals surface area contributed by atoms with E-state index >= 15 is 0 Å². The summed E-state index contributed by atoms with van der Waals surface area (Å²) in [6, 6.07) is 8.45. The number of amides is 2. The molecule has 0 radical (unpaired) electrons. The van der Waals surface area contributed by atoms with Crippen LogP contribution >= 0.6 is 0 Å². The van der Waals surface area contributed by atoms with Crippen LogP contribution in [0.2, 0.25) is 0 Å². The molecule has 5 heteroatoms. The van der Waals surface area contributed by atoms with Crippen LogP contribution in [0.15, 0.2) is 24.3 Å². The smallest absolute Gasteiger partial charge is 0.227 e. The van der Waals surface area contributed by atoms with Crippen LogP contribution in [0.3, 0.4) is 0 Å². The maximum absolute atomic E-state index is 13.0. The van der Waals surface area contributed by atoms with Gasteiger partial charge in [-0.15, -0.1) is 0 Å². The van der Waals surface area contributed by atoms with Crippen molar-refractivity contribution in [3.05, 3.63) is 35.4 Å². The zero-order valence-electron chi connectivity index (χ0n) is 15.8. The van der Waals surface area contributed by atoms with Crippen molar-refractivity contribution in [3.63, 3.8) is 0 Å². The summed E-state index contributed by atoms with van der Waals surface area (Å²) in [5.41, 5.74) is 2.27. The molecule has 2 fully saturated rings. The van der Waals surface area contributed by atoms with Crippen molar-refractivity contribution in [3.8, 4) is 0 Å². The Labute approximate surface area is 156 Å². The van der Waals surface area contributed by atoms with Gasteiger partial charge >= 0.3 is 0 Å². The highest BCUT2D eigenvalue weighted by atomic mass is 16.5. The Morgan fingerprint density at radius 2 is 1.96 bits per heavy atom. The predicted octanol–water partition coefficient (Wildman–Crippen LogP) is 2.56. The zero-order valence-corrected chi connectivity index (χ0v) is 15.8. The number of likely N-dealkylation sites (tertiary alicyclic amines) is 1. The fourth-order valence-corrected chi connectivity index (χ4v) is 3.86. The van der Waals surface area contributed by atoms with Crippen LogP contribution in [-0.2, 0) is 20.7 Å². The van der Waals surface area contributed by atoms with E-state index in [2.05, 4.69) is 19.1 Å². The lowest BCUT2D eigenvalue weighted by atomic mass is 10.0. The molecule has 0 N–H and O–H groups in total. The molecule has 3 rings (SSSR count). The number of rotatable bonds is 7. The van der Waals surface area contributed by atoms with Gasteiger partial charge in [-0.3, -0.25) is 9.59 Å². The molecule has 0 unspecified atom stereocenters. The first-order valence-corrected chi connectivity index (χ1v) is 9.84. The Morgan fingerprint density at radius 3 is 2.62 bits per heavy atom. The Balaban J connectivity index is 1.59. The lowest BCUT2D eigenvalue weighted by molar-refractivity contribution is -0.134. The van der Waals surface area contributed by atoms with Crippen LogP contribution in [0.1, 0.15) is 43.2 Å². The zero-order chi connectivity index (χ0) is 18.4. The van der Waals surface area contributed by atoms with Crippen LogP contribution in [0.4, 0.5) is 0 Å². The van der Waals surface area contributed by atoms with Gasteiger partial charge in [-0.1, -0.05) is 29.8 Å². The van der Waals surface area contributed by atoms with E-state index in [9.17, 15) is 9.59 Å². The van der Waals surface area contributed by atoms with E-state index in [0.717, 1.165) is 64.1 Å². The number of benzene rings is 1. The minimum atomic E-state index is 0.188. The molecule has 2 amide bonds. The molecule has 2 aliphatic heterocycles. The van der Waals surface area contributed by atoms with Crippen LogP contribution < -0.4 is 0 Å². The maximum Gasteiger partial charge on any atom is 0.227 e. The second-order valence-corrected chi connectivity index (χ2v) is 7.43. The van der Waals surface area contributed by atoms with E-state index in [-0.39, 0.29) is 17.9 Å². The quantitative estimate of drug-likeness (QED) is 0.753. The van der Waals surface area contributed by atoms with Crippen LogP contribution in [0.5, 0.6) is 0 Å². The topological polar surface area (TPSA) is 49.9 Å². The molecule has 0 bridgehead atoms. The number of hydrogen-bond acceptors (Lipinski definition) is 3. The highest BCUT2D eigenvalue weighted by Crippen LogP contribution is 2.18. The average Bonchev–Trinajstić information content (AvgIpc) is 3.06. The van der Waals surface area contributed by atoms with Gasteiger partial charge in [0, 0.05) is 45.3 Å². The minimum Gasteiger partial charge on any atom is -0.381 e. The number of carbonyl (C=O) groups excluding carboxylic acids is 2. The standard InChI is InChI=1S/C21H30N2O3/c1-17-5-7-18(8-6-17)16-21(25)23(19-9-14-26-15-10-19)13-3-12-22-11-2-4-20(22)24/h5-8,19H,2-4,9-16H2,1H3. The Kier molecular flexibility index (Phi) is 6.67. The lowest BCUT2D eigenvalue weighted by Gasteiger charge is -2.35. The molecule has 0 spiro atoms. The summed E-state index contributed by atoms with van der Waals surface area (Å²) in [5, 5.41) is 0. The highest BCUT2D eigenvalue weighted by molar-refractivity contribution is 5.79. The summed E-state index contributed by atoms with van der Waals surface area (Å²) in [4.78, 5) is 28.8. The molecular formula is C21H30N2O3. The average molecular weight is 358 g/mol. The summed E-state index contributed by atoms with van der Waals surface area (Å²) in [6.45, 7) is 5.86. The molecule has 0 atom stereocenters. The third-order valence-electron chi connectivity index (χ3n) is 5.43. The van der Waals surface area contributed by atoms with Gasteiger partial charge in [0.05, 0.1) is 6.42 Å². The van der Waals surface area contributed by atoms with Crippen LogP contribution in [0, 0.1) is 6.92 Å². The van der Waals surface area contributed by atoms with E-state index in [4.69, 9.17) is 4.74 Å². The first-order valence-electron chi connectivity index (χ1n) is 9.84. The number of hydrogen-bond donors (Lipinski definition) is 0. The van der Waals surface area contributed by atoms with Gasteiger partial charge in [0.2, 0.25) is 11.8 Å². The lowest BCUT2D eigenvalue weighted by Crippen LogP contribution is -2.45. The van der Waals surface area contributed by atoms with Crippen molar-refractivity contribution in [1.82, 2.24) is 9.80 Å². The molecule has 1 aromatic rings. The van der Waals surface area contributed by atoms with E-state index in [0.29, 0.717) is 12.8 Å². The number of nitrogens with zero attached hydrogens (tertiary/aromatic N) is 2. The summed E-state index contributed by atoms with van der Waals surface area (Å²) < 4.78 is 5.47. The molecule has 0 aromatic heterocycles. The number of ether oxygens (including phenoxy) is 1. The van der Waals surface area contributed by atoms with Crippen molar-refractivity contribution >= 4 is 11.8 Å². The first kappa shape index (κ1) is 18.9. The van der Waals surface area contributed by atoms with E-state index in [1.807, 2.05) is 21.9 Å². The normalized spacial score (nSPS) is 18.3. The molecule has 0 aliphatic carbocycles. The molecule has 2 saturated heterocycles. The van der Waals surface area contributed by atoms with Crippen molar-refractivity contribution < 1.29 is 14.3 Å². The SMILES string of the molecule is Cc1ccc(CC(=O)N(CCCN2CCCC2=O)C2CCOCC2)cc1. The molecule has 2 heterocycles. The van der Waals surface area contributed by atoms with Crippen molar-refractivity contribution in [2.45, 2.75) is 51.5 Å². The van der Waals surface area contributed by atoms with Gasteiger partial charge in [0.25, 0.3) is 0 Å².